The first-order chi connectivity index (χ1) is 13.9. The van der Waals surface area contributed by atoms with Crippen LogP contribution in [0, 0.1) is 5.92 Å². The van der Waals surface area contributed by atoms with Crippen LogP contribution in [0.2, 0.25) is 0 Å². The molecule has 1 aliphatic heterocycles. The number of benzene rings is 1. The third-order valence-electron chi connectivity index (χ3n) is 5.74. The third-order valence-corrected chi connectivity index (χ3v) is 6.87. The molecule has 156 valence electrons. The molecule has 2 heterocycles. The maximum Gasteiger partial charge on any atom is 0.232 e. The molecule has 1 unspecified atom stereocenters. The lowest BCUT2D eigenvalue weighted by atomic mass is 9.84. The quantitative estimate of drug-likeness (QED) is 0.739. The monoisotopic (exact) mass is 418 g/mol. The lowest BCUT2D eigenvalue weighted by Gasteiger charge is -2.26. The topological polar surface area (TPSA) is 98.5 Å². The number of hydrogen-bond donors (Lipinski definition) is 1. The molecule has 2 aliphatic rings. The number of carbonyl (C=O) groups excluding carboxylic acids is 1. The van der Waals surface area contributed by atoms with Gasteiger partial charge < -0.3 is 14.6 Å². The second-order valence-corrected chi connectivity index (χ2v) is 10.1. The molecule has 1 aromatic carbocycles. The van der Waals surface area contributed by atoms with Crippen molar-refractivity contribution in [1.82, 2.24) is 5.16 Å². The molecule has 2 aromatic rings. The first-order valence-electron chi connectivity index (χ1n) is 10.0. The molecular formula is C21H26N2O5S. The van der Waals surface area contributed by atoms with Gasteiger partial charge in [0.1, 0.15) is 5.69 Å². The van der Waals surface area contributed by atoms with Gasteiger partial charge in [-0.15, -0.1) is 0 Å². The van der Waals surface area contributed by atoms with Crippen LogP contribution in [-0.2, 0) is 19.4 Å². The van der Waals surface area contributed by atoms with Crippen LogP contribution in [0.15, 0.2) is 39.9 Å². The van der Waals surface area contributed by atoms with E-state index in [0.717, 1.165) is 37.0 Å². The smallest absolute Gasteiger partial charge is 0.232 e. The zero-order valence-electron chi connectivity index (χ0n) is 16.5. The van der Waals surface area contributed by atoms with Gasteiger partial charge in [-0.3, -0.25) is 4.79 Å². The molecule has 1 saturated carbocycles. The SMILES string of the molecule is CS(=O)(=O)c1ccc(C(CC2CCOCC2)C(=O)Nc2cnoc2C2CC2)cc1. The van der Waals surface area contributed by atoms with Crippen LogP contribution >= 0.6 is 0 Å². The normalized spacial score (nSPS) is 19.1. The Kier molecular flexibility index (Phi) is 5.74. The third kappa shape index (κ3) is 4.87. The van der Waals surface area contributed by atoms with Crippen molar-refractivity contribution in [2.45, 2.75) is 48.8 Å². The Morgan fingerprint density at radius 3 is 2.48 bits per heavy atom. The van der Waals surface area contributed by atoms with Gasteiger partial charge in [-0.1, -0.05) is 17.3 Å². The minimum atomic E-state index is -3.28. The number of nitrogens with zero attached hydrogens (tertiary/aromatic N) is 1. The van der Waals surface area contributed by atoms with Crippen LogP contribution in [0.4, 0.5) is 5.69 Å². The molecule has 1 amide bonds. The number of rotatable bonds is 7. The highest BCUT2D eigenvalue weighted by molar-refractivity contribution is 7.90. The van der Waals surface area contributed by atoms with Crippen molar-refractivity contribution in [3.63, 3.8) is 0 Å². The highest BCUT2D eigenvalue weighted by atomic mass is 32.2. The first kappa shape index (κ1) is 20.1. The number of amides is 1. The largest absolute Gasteiger partial charge is 0.381 e. The van der Waals surface area contributed by atoms with E-state index in [2.05, 4.69) is 10.5 Å². The number of nitrogens with one attached hydrogen (secondary N) is 1. The fourth-order valence-electron chi connectivity index (χ4n) is 3.86. The summed E-state index contributed by atoms with van der Waals surface area (Å²) >= 11 is 0. The summed E-state index contributed by atoms with van der Waals surface area (Å²) in [5, 5.41) is 6.85. The van der Waals surface area contributed by atoms with E-state index in [1.54, 1.807) is 30.5 Å². The van der Waals surface area contributed by atoms with Crippen LogP contribution in [0.25, 0.3) is 0 Å². The van der Waals surface area contributed by atoms with Gasteiger partial charge in [-0.25, -0.2) is 8.42 Å². The molecule has 0 spiro atoms. The van der Waals surface area contributed by atoms with E-state index in [0.29, 0.717) is 37.2 Å². The zero-order chi connectivity index (χ0) is 20.4. The van der Waals surface area contributed by atoms with Crippen LogP contribution in [-0.4, -0.2) is 39.0 Å². The Bertz CT molecular complexity index is 957. The predicted molar refractivity (Wildman–Crippen MR) is 108 cm³/mol. The lowest BCUT2D eigenvalue weighted by molar-refractivity contribution is -0.118. The Morgan fingerprint density at radius 1 is 1.17 bits per heavy atom. The second-order valence-electron chi connectivity index (χ2n) is 8.05. The van der Waals surface area contributed by atoms with Gasteiger partial charge in [0.15, 0.2) is 15.6 Å². The molecule has 4 rings (SSSR count). The molecule has 0 bridgehead atoms. The number of anilines is 1. The number of carbonyl (C=O) groups is 1. The molecule has 7 nitrogen and oxygen atoms in total. The molecule has 1 aliphatic carbocycles. The van der Waals surface area contributed by atoms with Crippen molar-refractivity contribution >= 4 is 21.4 Å². The predicted octanol–water partition coefficient (Wildman–Crippen LogP) is 3.49. The standard InChI is InChI=1S/C21H26N2O5S/c1-29(25,26)17-6-4-15(5-7-17)18(12-14-8-10-27-11-9-14)21(24)23-19-13-22-28-20(19)16-2-3-16/h4-7,13-14,16,18H,2-3,8-12H2,1H3,(H,23,24). The average molecular weight is 419 g/mol. The van der Waals surface area contributed by atoms with Gasteiger partial charge >= 0.3 is 0 Å². The Labute approximate surface area is 170 Å². The first-order valence-corrected chi connectivity index (χ1v) is 11.9. The van der Waals surface area contributed by atoms with E-state index in [9.17, 15) is 13.2 Å². The molecule has 8 heteroatoms. The van der Waals surface area contributed by atoms with Crippen molar-refractivity contribution < 1.29 is 22.5 Å². The minimum absolute atomic E-state index is 0.117. The molecule has 0 radical (unpaired) electrons. The van der Waals surface area contributed by atoms with Gasteiger partial charge in [0.05, 0.1) is 17.0 Å². The summed E-state index contributed by atoms with van der Waals surface area (Å²) in [6.45, 7) is 1.42. The molecular weight excluding hydrogens is 392 g/mol. The van der Waals surface area contributed by atoms with Crippen molar-refractivity contribution in [2.24, 2.45) is 5.92 Å². The van der Waals surface area contributed by atoms with Crippen LogP contribution in [0.5, 0.6) is 0 Å². The maximum absolute atomic E-state index is 13.2. The molecule has 2 fully saturated rings. The number of sulfone groups is 1. The maximum atomic E-state index is 13.2. The summed E-state index contributed by atoms with van der Waals surface area (Å²) in [5.74, 6) is 0.980. The number of ether oxygens (including phenoxy) is 1. The molecule has 29 heavy (non-hydrogen) atoms. The van der Waals surface area contributed by atoms with Crippen LogP contribution in [0.3, 0.4) is 0 Å². The van der Waals surface area contributed by atoms with Crippen molar-refractivity contribution in [2.75, 3.05) is 24.8 Å². The van der Waals surface area contributed by atoms with E-state index >= 15 is 0 Å². The van der Waals surface area contributed by atoms with E-state index in [-0.39, 0.29) is 16.7 Å². The number of aromatic nitrogens is 1. The highest BCUT2D eigenvalue weighted by Crippen LogP contribution is 2.43. The second kappa shape index (κ2) is 8.28. The minimum Gasteiger partial charge on any atom is -0.381 e. The molecule has 1 saturated heterocycles. The average Bonchev–Trinajstić information content (AvgIpc) is 3.45. The summed E-state index contributed by atoms with van der Waals surface area (Å²) in [6.07, 6.45) is 7.38. The van der Waals surface area contributed by atoms with E-state index in [1.165, 1.54) is 6.26 Å². The summed E-state index contributed by atoms with van der Waals surface area (Å²) in [6, 6.07) is 6.64. The van der Waals surface area contributed by atoms with Gasteiger partial charge in [0.25, 0.3) is 0 Å². The zero-order valence-corrected chi connectivity index (χ0v) is 17.3. The molecule has 1 N–H and O–H groups in total. The molecule has 1 atom stereocenters. The van der Waals surface area contributed by atoms with Gasteiger partial charge in [0, 0.05) is 25.4 Å². The summed E-state index contributed by atoms with van der Waals surface area (Å²) in [5.41, 5.74) is 1.45. The molecule has 1 aromatic heterocycles. The summed E-state index contributed by atoms with van der Waals surface area (Å²) < 4.78 is 34.3. The van der Waals surface area contributed by atoms with E-state index in [1.807, 2.05) is 0 Å². The Morgan fingerprint density at radius 2 is 1.86 bits per heavy atom. The van der Waals surface area contributed by atoms with Crippen molar-refractivity contribution in [1.29, 1.82) is 0 Å². The fraction of sp³-hybridized carbons (Fsp3) is 0.524. The lowest BCUT2D eigenvalue weighted by Crippen LogP contribution is -2.26. The van der Waals surface area contributed by atoms with Crippen molar-refractivity contribution in [3.05, 3.63) is 41.8 Å². The Hall–Kier alpha value is -2.19. The van der Waals surface area contributed by atoms with Gasteiger partial charge in [-0.05, 0) is 55.7 Å². The Balaban J connectivity index is 1.56. The van der Waals surface area contributed by atoms with Gasteiger partial charge in [0.2, 0.25) is 5.91 Å². The van der Waals surface area contributed by atoms with E-state index in [4.69, 9.17) is 9.26 Å². The highest BCUT2D eigenvalue weighted by Gasteiger charge is 2.32. The van der Waals surface area contributed by atoms with Gasteiger partial charge in [-0.2, -0.15) is 0 Å². The van der Waals surface area contributed by atoms with Crippen LogP contribution in [0.1, 0.15) is 55.3 Å². The number of hydrogen-bond acceptors (Lipinski definition) is 6. The van der Waals surface area contributed by atoms with Crippen LogP contribution < -0.4 is 5.32 Å². The van der Waals surface area contributed by atoms with Crippen molar-refractivity contribution in [3.8, 4) is 0 Å². The summed E-state index contributed by atoms with van der Waals surface area (Å²) in [7, 11) is -3.28. The van der Waals surface area contributed by atoms with E-state index < -0.39 is 9.84 Å². The summed E-state index contributed by atoms with van der Waals surface area (Å²) in [4.78, 5) is 13.5. The fourth-order valence-corrected chi connectivity index (χ4v) is 4.49.